The number of imidazole rings is 2. The van der Waals surface area contributed by atoms with Crippen LogP contribution in [0.5, 0.6) is 0 Å². The number of likely N-dealkylation sites (tertiary alicyclic amines) is 1. The summed E-state index contributed by atoms with van der Waals surface area (Å²) >= 11 is 0. The fourth-order valence-corrected chi connectivity index (χ4v) is 10.3. The van der Waals surface area contributed by atoms with E-state index in [2.05, 4.69) is 38.6 Å². The van der Waals surface area contributed by atoms with Crippen LogP contribution in [0.25, 0.3) is 44.5 Å². The third kappa shape index (κ3) is 8.35. The highest BCUT2D eigenvalue weighted by molar-refractivity contribution is 5.89. The lowest BCUT2D eigenvalue weighted by Crippen LogP contribution is -2.53. The zero-order valence-electron chi connectivity index (χ0n) is 38.4. The second-order valence-corrected chi connectivity index (χ2v) is 19.2. The Morgan fingerprint density at radius 3 is 2.25 bits per heavy atom. The van der Waals surface area contributed by atoms with Crippen LogP contribution in [0.3, 0.4) is 0 Å². The molecular weight excluding hydrogens is 861 g/mol. The Labute approximate surface area is 387 Å². The fourth-order valence-electron chi connectivity index (χ4n) is 10.3. The van der Waals surface area contributed by atoms with Gasteiger partial charge in [0.15, 0.2) is 0 Å². The SMILES string of the molecule is COC(=O)N[C@@H](CCC#N)C(=O)N1[C@@H]2CC[C@@H](C2)[C@H]1c1nc2ccc(-c3ccc4c(c3)C(F)(F)c3cc(-c5cnc([C@H](C)N(CC6(C)CC6)C(=O)[C@@H](NC(=O)OC)C(C)C)[nH]5)ccc3-4)cc2[nH]1. The van der Waals surface area contributed by atoms with Crippen LogP contribution in [-0.4, -0.2) is 92.6 Å². The molecule has 3 aliphatic carbocycles. The quantitative estimate of drug-likeness (QED) is 0.0840. The van der Waals surface area contributed by atoms with Gasteiger partial charge in [-0.2, -0.15) is 14.0 Å². The summed E-state index contributed by atoms with van der Waals surface area (Å²) in [6.45, 7) is 8.17. The van der Waals surface area contributed by atoms with Crippen molar-refractivity contribution in [2.45, 2.75) is 109 Å². The molecule has 350 valence electrons. The lowest BCUT2D eigenvalue weighted by Gasteiger charge is -2.36. The van der Waals surface area contributed by atoms with Crippen LogP contribution < -0.4 is 10.6 Å². The van der Waals surface area contributed by atoms with E-state index in [1.165, 1.54) is 20.3 Å². The summed E-state index contributed by atoms with van der Waals surface area (Å²) in [7, 11) is 2.48. The summed E-state index contributed by atoms with van der Waals surface area (Å²) < 4.78 is 43.0. The number of nitrogens with one attached hydrogen (secondary N) is 4. The van der Waals surface area contributed by atoms with Crippen LogP contribution in [0, 0.1) is 28.6 Å². The van der Waals surface area contributed by atoms with Gasteiger partial charge in [-0.05, 0) is 109 Å². The number of nitriles is 1. The van der Waals surface area contributed by atoms with Gasteiger partial charge in [-0.25, -0.2) is 19.6 Å². The summed E-state index contributed by atoms with van der Waals surface area (Å²) in [6, 6.07) is 15.1. The first-order valence-electron chi connectivity index (χ1n) is 22.9. The Balaban J connectivity index is 0.954. The number of methoxy groups -OCH3 is 2. The van der Waals surface area contributed by atoms with E-state index >= 15 is 8.78 Å². The van der Waals surface area contributed by atoms with Gasteiger partial charge >= 0.3 is 12.2 Å². The van der Waals surface area contributed by atoms with Crippen LogP contribution in [0.4, 0.5) is 18.4 Å². The van der Waals surface area contributed by atoms with E-state index in [4.69, 9.17) is 14.5 Å². The molecule has 3 heterocycles. The lowest BCUT2D eigenvalue weighted by atomic mass is 9.97. The van der Waals surface area contributed by atoms with Crippen molar-refractivity contribution in [2.24, 2.45) is 17.3 Å². The minimum absolute atomic E-state index is 0.0280. The zero-order valence-corrected chi connectivity index (χ0v) is 38.4. The van der Waals surface area contributed by atoms with E-state index < -0.39 is 36.2 Å². The van der Waals surface area contributed by atoms with Crippen molar-refractivity contribution < 1.29 is 37.4 Å². The summed E-state index contributed by atoms with van der Waals surface area (Å²) in [5.74, 6) is -2.81. The monoisotopic (exact) mass is 915 g/mol. The number of fused-ring (bicyclic) bond motifs is 6. The maximum absolute atomic E-state index is 16.7. The van der Waals surface area contributed by atoms with E-state index in [0.29, 0.717) is 62.7 Å². The Bertz CT molecular complexity index is 2810. The van der Waals surface area contributed by atoms with E-state index in [0.717, 1.165) is 32.1 Å². The van der Waals surface area contributed by atoms with Gasteiger partial charge in [0.05, 0.1) is 55.3 Å². The van der Waals surface area contributed by atoms with Gasteiger partial charge in [0.1, 0.15) is 23.7 Å². The summed E-state index contributed by atoms with van der Waals surface area (Å²) in [5.41, 5.74) is 4.31. The third-order valence-corrected chi connectivity index (χ3v) is 14.4. The maximum atomic E-state index is 16.7. The first-order chi connectivity index (χ1) is 32.0. The highest BCUT2D eigenvalue weighted by Gasteiger charge is 2.51. The average Bonchev–Trinajstić information content (AvgIpc) is 3.91. The predicted octanol–water partition coefficient (Wildman–Crippen LogP) is 8.89. The van der Waals surface area contributed by atoms with Crippen molar-refractivity contribution in [1.29, 1.82) is 5.26 Å². The smallest absolute Gasteiger partial charge is 0.407 e. The molecule has 0 unspecified atom stereocenters. The van der Waals surface area contributed by atoms with Crippen molar-refractivity contribution in [1.82, 2.24) is 40.4 Å². The van der Waals surface area contributed by atoms with E-state index in [1.54, 1.807) is 35.4 Å². The molecule has 1 saturated heterocycles. The molecule has 4 N–H and O–H groups in total. The molecule has 3 fully saturated rings. The molecule has 0 radical (unpaired) electrons. The van der Waals surface area contributed by atoms with Crippen LogP contribution in [0.2, 0.25) is 0 Å². The topological polar surface area (TPSA) is 198 Å². The van der Waals surface area contributed by atoms with Gasteiger partial charge in [0.25, 0.3) is 5.92 Å². The Hall–Kier alpha value is -6.83. The highest BCUT2D eigenvalue weighted by Crippen LogP contribution is 2.54. The molecule has 3 aromatic carbocycles. The number of alkyl halides is 2. The van der Waals surface area contributed by atoms with Crippen molar-refractivity contribution in [3.8, 4) is 39.6 Å². The number of H-pyrrole nitrogens is 2. The molecule has 2 bridgehead atoms. The minimum Gasteiger partial charge on any atom is -0.453 e. The second kappa shape index (κ2) is 17.4. The standard InChI is InChI=1S/C50H55F2N9O6/c1-26(2)41(59-48(65)67-6)46(63)60(25-49(4)17-18-49)27(3)43-54-24-40(57-43)30-11-15-34-33-14-10-28(21-35(33)50(51,52)36(34)22-30)29-12-16-37-39(23-29)56-44(55-37)42-31-9-13-32(20-31)61(42)45(62)38(8-7-19-53)58-47(64)66-5/h10-12,14-16,21-24,26-27,31-32,38,41-42H,7-9,13,17-18,20,25H2,1-6H3,(H,54,57)(H,55,56)(H,58,64)(H,59,65)/t27-,31-,32+,38-,41-,42-/m0/s1. The summed E-state index contributed by atoms with van der Waals surface area (Å²) in [6.07, 6.45) is 4.88. The number of hydrogen-bond donors (Lipinski definition) is 4. The number of nitrogens with zero attached hydrogens (tertiary/aromatic N) is 5. The van der Waals surface area contributed by atoms with Crippen LogP contribution in [0.1, 0.15) is 108 Å². The number of rotatable bonds is 14. The number of hydrogen-bond acceptors (Lipinski definition) is 9. The van der Waals surface area contributed by atoms with Crippen molar-refractivity contribution in [3.05, 3.63) is 83.6 Å². The van der Waals surface area contributed by atoms with Gasteiger partial charge < -0.3 is 39.9 Å². The Morgan fingerprint density at radius 1 is 0.925 bits per heavy atom. The van der Waals surface area contributed by atoms with Gasteiger partial charge in [-0.15, -0.1) is 0 Å². The van der Waals surface area contributed by atoms with Crippen LogP contribution >= 0.6 is 0 Å². The fraction of sp³-hybridized carbons (Fsp3) is 0.460. The lowest BCUT2D eigenvalue weighted by molar-refractivity contribution is -0.138. The molecule has 6 atom stereocenters. The number of carbonyl (C=O) groups excluding carboxylic acids is 4. The molecule has 67 heavy (non-hydrogen) atoms. The second-order valence-electron chi connectivity index (χ2n) is 19.2. The molecular formula is C50H55F2N9O6. The molecule has 1 aliphatic heterocycles. The molecule has 17 heteroatoms. The predicted molar refractivity (Wildman–Crippen MR) is 244 cm³/mol. The number of aromatic nitrogens is 4. The third-order valence-electron chi connectivity index (χ3n) is 14.4. The molecule has 2 saturated carbocycles. The molecule has 5 aromatic rings. The van der Waals surface area contributed by atoms with E-state index in [9.17, 15) is 24.4 Å². The number of ether oxygens (including phenoxy) is 2. The first-order valence-corrected chi connectivity index (χ1v) is 22.9. The number of aromatic amines is 2. The number of amides is 4. The number of piperidine rings is 1. The Morgan fingerprint density at radius 2 is 1.58 bits per heavy atom. The van der Waals surface area contributed by atoms with E-state index in [1.807, 2.05) is 49.9 Å². The summed E-state index contributed by atoms with van der Waals surface area (Å²) in [4.78, 5) is 72.4. The molecule has 4 amide bonds. The first kappa shape index (κ1) is 45.3. The molecule has 15 nitrogen and oxygen atoms in total. The van der Waals surface area contributed by atoms with Crippen molar-refractivity contribution in [3.63, 3.8) is 0 Å². The van der Waals surface area contributed by atoms with Gasteiger partial charge in [-0.1, -0.05) is 51.1 Å². The zero-order chi connectivity index (χ0) is 47.5. The minimum atomic E-state index is -3.31. The van der Waals surface area contributed by atoms with Crippen molar-refractivity contribution >= 4 is 35.0 Å². The van der Waals surface area contributed by atoms with E-state index in [-0.39, 0.29) is 65.1 Å². The van der Waals surface area contributed by atoms with Gasteiger partial charge in [0, 0.05) is 35.7 Å². The van der Waals surface area contributed by atoms with Crippen LogP contribution in [-0.2, 0) is 25.0 Å². The van der Waals surface area contributed by atoms with Crippen molar-refractivity contribution in [2.75, 3.05) is 20.8 Å². The highest BCUT2D eigenvalue weighted by atomic mass is 19.3. The normalized spacial score (nSPS) is 20.7. The van der Waals surface area contributed by atoms with Crippen LogP contribution in [0.15, 0.2) is 60.8 Å². The average molecular weight is 916 g/mol. The molecule has 4 aliphatic rings. The maximum Gasteiger partial charge on any atom is 0.407 e. The Kier molecular flexibility index (Phi) is 11.8. The largest absolute Gasteiger partial charge is 0.453 e. The molecule has 9 rings (SSSR count). The number of benzene rings is 3. The number of carbonyl (C=O) groups is 4. The van der Waals surface area contributed by atoms with Gasteiger partial charge in [0.2, 0.25) is 11.8 Å². The number of halogens is 2. The van der Waals surface area contributed by atoms with Gasteiger partial charge in [-0.3, -0.25) is 9.59 Å². The molecule has 0 spiro atoms. The number of alkyl carbamates (subject to hydrolysis) is 2. The molecule has 2 aromatic heterocycles. The summed E-state index contributed by atoms with van der Waals surface area (Å²) in [5, 5.41) is 14.6.